The van der Waals surface area contributed by atoms with Gasteiger partial charge in [-0.1, -0.05) is 121 Å². The van der Waals surface area contributed by atoms with Gasteiger partial charge in [0.05, 0.1) is 99.9 Å². The maximum Gasteiger partial charge on any atom is 0.205 e. The molecular weight excluding hydrogens is 1260 g/mol. The number of hydrogen-bond donors (Lipinski definition) is 0. The molecule has 16 nitrogen and oxygen atoms in total. The van der Waals surface area contributed by atoms with Crippen LogP contribution in [0.15, 0.2) is 219 Å². The van der Waals surface area contributed by atoms with Crippen molar-refractivity contribution in [2.45, 2.75) is 53.9 Å². The molecule has 0 unspecified atom stereocenters. The van der Waals surface area contributed by atoms with Crippen LogP contribution < -0.4 is 18.7 Å². The van der Waals surface area contributed by atoms with E-state index < -0.39 is 0 Å². The molecule has 19 rings (SSSR count). The lowest BCUT2D eigenvalue weighted by Crippen LogP contribution is -2.36. The fourth-order valence-electron chi connectivity index (χ4n) is 15.0. The Hall–Kier alpha value is -14.8. The van der Waals surface area contributed by atoms with Gasteiger partial charge < -0.3 is 0 Å². The van der Waals surface area contributed by atoms with Crippen molar-refractivity contribution in [1.82, 2.24) is 18.7 Å². The first-order chi connectivity index (χ1) is 49.8. The Balaban J connectivity index is 0.000000105. The highest BCUT2D eigenvalue weighted by molar-refractivity contribution is 5.93. The molecule has 4 aromatic heterocycles. The molecule has 4 aliphatic heterocycles. The number of fused-ring (bicyclic) bond motifs is 20. The van der Waals surface area contributed by atoms with Gasteiger partial charge in [0.15, 0.2) is 48.9 Å². The molecule has 0 radical (unpaired) electrons. The first kappa shape index (κ1) is 62.1. The largest absolute Gasteiger partial charge is 0.238 e. The van der Waals surface area contributed by atoms with Crippen LogP contribution in [0.5, 0.6) is 0 Å². The number of nitriles is 4. The maximum absolute atomic E-state index is 9.50. The first-order valence-corrected chi connectivity index (χ1v) is 33.0. The molecule has 16 heteroatoms. The summed E-state index contributed by atoms with van der Waals surface area (Å²) < 4.78 is 17.0. The zero-order valence-electron chi connectivity index (χ0n) is 55.8. The zero-order chi connectivity index (χ0) is 70.2. The number of benzene rings is 11. The Morgan fingerprint density at radius 2 is 0.716 bits per heavy atom. The molecule has 0 spiro atoms. The Morgan fingerprint density at radius 3 is 1.20 bits per heavy atom. The molecule has 0 N–H and O–H groups in total. The summed E-state index contributed by atoms with van der Waals surface area (Å²) in [5.41, 5.74) is 29.7. The minimum Gasteiger partial charge on any atom is -0.238 e. The number of aromatic nitrogens is 8. The Labute approximate surface area is 587 Å². The van der Waals surface area contributed by atoms with Crippen LogP contribution in [0.4, 0.5) is 22.7 Å². The van der Waals surface area contributed by atoms with E-state index in [2.05, 4.69) is 200 Å². The predicted molar refractivity (Wildman–Crippen MR) is 389 cm³/mol. The van der Waals surface area contributed by atoms with Crippen LogP contribution in [-0.4, -0.2) is 18.7 Å². The summed E-state index contributed by atoms with van der Waals surface area (Å²) in [6.45, 7) is 41.1. The van der Waals surface area contributed by atoms with Crippen LogP contribution in [0.25, 0.3) is 119 Å². The van der Waals surface area contributed by atoms with Gasteiger partial charge >= 0.3 is 0 Å². The van der Waals surface area contributed by atoms with E-state index in [0.29, 0.717) is 45.0 Å². The molecule has 0 fully saturated rings. The summed E-state index contributed by atoms with van der Waals surface area (Å²) in [4.78, 5) is 14.1. The van der Waals surface area contributed by atoms with Crippen LogP contribution >= 0.6 is 0 Å². The SMILES string of the molecule is [C-]#[N+]c1cc(C#N)c2c[n+]3n(c2c1)-c1c(C)c(C)c(C)c(C)c1C3.[C-]#[N+]c1cc(C#N)c2c[n+]3n(c2c1)-c1c(cccc1-c1ccccc1)C3.[C-]#[N+]c1cc(C#N)c2c[n+]3n(c2c1)-c1cc(-c2ccccc2)ccc1C3.[C-]#[N+]c1cc(C#N)c2c[n+]3n(c2c1)-c1ccc(-c2ccccc2)cc1C3. The van der Waals surface area contributed by atoms with Crippen molar-refractivity contribution in [3.8, 4) is 80.4 Å². The lowest BCUT2D eigenvalue weighted by molar-refractivity contribution is -0.749. The number of nitrogens with zero attached hydrogens (tertiary/aromatic N) is 16. The zero-order valence-corrected chi connectivity index (χ0v) is 55.8. The smallest absolute Gasteiger partial charge is 0.205 e. The monoisotopic (exact) mass is 1310 g/mol. The number of para-hydroxylation sites is 1. The third-order valence-electron chi connectivity index (χ3n) is 20.2. The van der Waals surface area contributed by atoms with E-state index in [1.807, 2.05) is 104 Å². The van der Waals surface area contributed by atoms with E-state index >= 15 is 0 Å². The third-order valence-corrected chi connectivity index (χ3v) is 20.2. The minimum absolute atomic E-state index is 0.487. The minimum atomic E-state index is 0.487. The van der Waals surface area contributed by atoms with Gasteiger partial charge in [0.1, 0.15) is 44.8 Å². The molecule has 476 valence electrons. The second-order valence-electron chi connectivity index (χ2n) is 25.7. The molecule has 8 heterocycles. The van der Waals surface area contributed by atoms with Gasteiger partial charge in [-0.05, 0) is 151 Å². The van der Waals surface area contributed by atoms with Crippen LogP contribution in [0.2, 0.25) is 0 Å². The van der Waals surface area contributed by atoms with Gasteiger partial charge in [-0.15, -0.1) is 37.5 Å². The Bertz CT molecular complexity index is 6520. The number of hydrogen-bond acceptors (Lipinski definition) is 4. The quantitative estimate of drug-likeness (QED) is 0.128. The van der Waals surface area contributed by atoms with Gasteiger partial charge in [-0.25, -0.2) is 19.4 Å². The number of rotatable bonds is 3. The van der Waals surface area contributed by atoms with E-state index in [4.69, 9.17) is 26.3 Å². The van der Waals surface area contributed by atoms with E-state index in [1.165, 1.54) is 66.9 Å². The predicted octanol–water partition coefficient (Wildman–Crippen LogP) is 17.0. The average Bonchev–Trinajstić information content (AvgIpc) is 1.58. The van der Waals surface area contributed by atoms with E-state index in [1.54, 1.807) is 24.3 Å². The van der Waals surface area contributed by atoms with Crippen molar-refractivity contribution >= 4 is 66.4 Å². The normalized spacial score (nSPS) is 11.7. The molecular formula is C86H56N16+4. The van der Waals surface area contributed by atoms with Crippen molar-refractivity contribution in [2.24, 2.45) is 0 Å². The van der Waals surface area contributed by atoms with Gasteiger partial charge in [0.2, 0.25) is 24.8 Å². The summed E-state index contributed by atoms with van der Waals surface area (Å²) in [5, 5.41) is 41.4. The van der Waals surface area contributed by atoms with Gasteiger partial charge in [0.25, 0.3) is 0 Å². The second-order valence-corrected chi connectivity index (χ2v) is 25.7. The lowest BCUT2D eigenvalue weighted by Gasteiger charge is -2.13. The van der Waals surface area contributed by atoms with Crippen molar-refractivity contribution in [3.63, 3.8) is 0 Å². The molecule has 0 atom stereocenters. The fourth-order valence-corrected chi connectivity index (χ4v) is 15.0. The maximum atomic E-state index is 9.50. The van der Waals surface area contributed by atoms with E-state index in [0.717, 1.165) is 104 Å². The Morgan fingerprint density at radius 1 is 0.324 bits per heavy atom. The topological polar surface area (TPSA) is 148 Å². The van der Waals surface area contributed by atoms with Crippen LogP contribution in [-0.2, 0) is 26.2 Å². The molecule has 102 heavy (non-hydrogen) atoms. The summed E-state index contributed by atoms with van der Waals surface area (Å²) in [5.74, 6) is 0. The first-order valence-electron chi connectivity index (χ1n) is 33.0. The average molecular weight is 1310 g/mol. The van der Waals surface area contributed by atoms with Crippen LogP contribution in [0.3, 0.4) is 0 Å². The van der Waals surface area contributed by atoms with Crippen molar-refractivity contribution < 1.29 is 18.7 Å². The lowest BCUT2D eigenvalue weighted by atomic mass is 9.92. The van der Waals surface area contributed by atoms with Crippen LogP contribution in [0.1, 0.15) is 66.8 Å². The van der Waals surface area contributed by atoms with Gasteiger partial charge in [-0.2, -0.15) is 21.0 Å². The molecule has 0 amide bonds. The van der Waals surface area contributed by atoms with Crippen molar-refractivity contribution in [2.75, 3.05) is 0 Å². The summed E-state index contributed by atoms with van der Waals surface area (Å²) >= 11 is 0. The second kappa shape index (κ2) is 24.7. The summed E-state index contributed by atoms with van der Waals surface area (Å²) in [6, 6.07) is 73.3. The Kier molecular flexibility index (Phi) is 15.0. The fraction of sp³-hybridized carbons (Fsp3) is 0.0930. The standard InChI is InChI=1S/3C22H13N4.C20H17N4/c1-24-18-10-17(12-23)20-14-25-13-16-8-5-9-19(15-6-3-2-4-7-15)22(16)26(25)21(20)11-18;1-24-19-9-18(12-23)20-14-25-13-17-8-7-16(15-5-3-2-4-6-15)10-21(17)26(25)22(20)11-19;1-24-19-10-17(12-23)20-14-25-13-18-9-16(15-5-3-2-4-6-15)7-8-21(18)26(25)22(20)11-19;1-11-12(2)14(4)20-17(13(11)3)9-23-10-18-15(8-21)6-16(22-5)7-19(18)24(20)23/h3*2-11,14H,13H2;6-7,10H,9H2,1-4H3/q4*+1. The highest BCUT2D eigenvalue weighted by Crippen LogP contribution is 2.40. The highest BCUT2D eigenvalue weighted by Gasteiger charge is 2.36. The highest BCUT2D eigenvalue weighted by atomic mass is 15.4. The summed E-state index contributed by atoms with van der Waals surface area (Å²) in [7, 11) is 0. The molecule has 0 saturated heterocycles. The van der Waals surface area contributed by atoms with Crippen molar-refractivity contribution in [1.29, 1.82) is 21.0 Å². The van der Waals surface area contributed by atoms with E-state index in [9.17, 15) is 21.0 Å². The van der Waals surface area contributed by atoms with Crippen LogP contribution in [0, 0.1) is 99.3 Å². The van der Waals surface area contributed by atoms with E-state index in [-0.39, 0.29) is 0 Å². The molecule has 4 aliphatic rings. The molecule has 0 saturated carbocycles. The molecule has 11 aromatic carbocycles. The third kappa shape index (κ3) is 10.1. The van der Waals surface area contributed by atoms with Crippen molar-refractivity contribution in [3.05, 3.63) is 331 Å². The van der Waals surface area contributed by atoms with Gasteiger partial charge in [0, 0.05) is 22.3 Å². The molecule has 0 bridgehead atoms. The molecule has 0 aliphatic carbocycles. The van der Waals surface area contributed by atoms with Gasteiger partial charge in [-0.3, -0.25) is 0 Å². The molecule has 15 aromatic rings. The summed E-state index contributed by atoms with van der Waals surface area (Å²) in [6.07, 6.45) is 8.05.